The number of phenols is 4. The smallest absolute Gasteiger partial charge is 0.122 e. The minimum absolute atomic E-state index is 0.0541. The van der Waals surface area contributed by atoms with Gasteiger partial charge in [-0.3, -0.25) is 0 Å². The highest BCUT2D eigenvalue weighted by molar-refractivity contribution is 5.54. The largest absolute Gasteiger partial charge is 0.507 e. The molecule has 0 radical (unpaired) electrons. The summed E-state index contributed by atoms with van der Waals surface area (Å²) < 4.78 is 0. The fourth-order valence-corrected chi connectivity index (χ4v) is 10.8. The number of aromatic hydroxyl groups is 4. The summed E-state index contributed by atoms with van der Waals surface area (Å²) in [5.74, 6) is 2.34. The molecule has 6 rings (SSSR count). The van der Waals surface area contributed by atoms with Crippen molar-refractivity contribution in [1.29, 1.82) is 0 Å². The zero-order chi connectivity index (χ0) is 42.6. The van der Waals surface area contributed by atoms with E-state index >= 15 is 0 Å². The van der Waals surface area contributed by atoms with Gasteiger partial charge in [-0.05, 0) is 148 Å². The zero-order valence-electron chi connectivity index (χ0n) is 38.1. The van der Waals surface area contributed by atoms with E-state index in [0.717, 1.165) is 95.9 Å². The highest BCUT2D eigenvalue weighted by atomic mass is 16.3. The molecule has 0 saturated heterocycles. The maximum atomic E-state index is 11.3. The first-order valence-electron chi connectivity index (χ1n) is 22.4. The van der Waals surface area contributed by atoms with Crippen molar-refractivity contribution in [1.82, 2.24) is 0 Å². The summed E-state index contributed by atoms with van der Waals surface area (Å²) in [6, 6.07) is 16.9. The predicted octanol–water partition coefficient (Wildman–Crippen LogP) is 14.3. The van der Waals surface area contributed by atoms with E-state index < -0.39 is 0 Å². The van der Waals surface area contributed by atoms with Crippen LogP contribution in [0, 0.1) is 52.9 Å². The topological polar surface area (TPSA) is 80.9 Å². The third-order valence-corrected chi connectivity index (χ3v) is 13.8. The fraction of sp³-hybridized carbons (Fsp3) is 0.556. The van der Waals surface area contributed by atoms with Gasteiger partial charge >= 0.3 is 0 Å². The normalized spacial score (nSPS) is 17.0. The van der Waals surface area contributed by atoms with Gasteiger partial charge in [-0.2, -0.15) is 0 Å². The third-order valence-electron chi connectivity index (χ3n) is 13.8. The quantitative estimate of drug-likeness (QED) is 0.122. The molecule has 0 aromatic heterocycles. The lowest BCUT2D eigenvalue weighted by Gasteiger charge is -2.36. The summed E-state index contributed by atoms with van der Waals surface area (Å²) >= 11 is 0. The van der Waals surface area contributed by atoms with Gasteiger partial charge < -0.3 is 20.4 Å². The summed E-state index contributed by atoms with van der Waals surface area (Å²) in [5.41, 5.74) is 13.2. The fourth-order valence-electron chi connectivity index (χ4n) is 10.8. The molecule has 4 nitrogen and oxygen atoms in total. The lowest BCUT2D eigenvalue weighted by atomic mass is 9.69. The Morgan fingerprint density at radius 1 is 0.517 bits per heavy atom. The van der Waals surface area contributed by atoms with E-state index in [2.05, 4.69) is 98.7 Å². The first-order valence-corrected chi connectivity index (χ1v) is 22.4. The molecule has 0 heterocycles. The van der Waals surface area contributed by atoms with Crippen LogP contribution in [-0.4, -0.2) is 20.4 Å². The molecule has 316 valence electrons. The van der Waals surface area contributed by atoms with Crippen molar-refractivity contribution < 1.29 is 20.4 Å². The van der Waals surface area contributed by atoms with E-state index in [4.69, 9.17) is 0 Å². The Morgan fingerprint density at radius 3 is 1.34 bits per heavy atom. The summed E-state index contributed by atoms with van der Waals surface area (Å²) in [6.45, 7) is 23.9. The van der Waals surface area contributed by atoms with Crippen molar-refractivity contribution in [3.8, 4) is 23.0 Å². The van der Waals surface area contributed by atoms with Crippen molar-refractivity contribution in [3.63, 3.8) is 0 Å². The predicted molar refractivity (Wildman–Crippen MR) is 244 cm³/mol. The maximum absolute atomic E-state index is 11.3. The van der Waals surface area contributed by atoms with E-state index in [9.17, 15) is 20.4 Å². The van der Waals surface area contributed by atoms with Gasteiger partial charge in [0.1, 0.15) is 23.0 Å². The molecule has 4 aromatic carbocycles. The van der Waals surface area contributed by atoms with Crippen LogP contribution in [0.25, 0.3) is 0 Å². The first kappa shape index (κ1) is 45.2. The molecule has 2 aliphatic carbocycles. The van der Waals surface area contributed by atoms with Crippen LogP contribution in [0.2, 0.25) is 0 Å². The van der Waals surface area contributed by atoms with E-state index in [1.807, 2.05) is 26.0 Å². The monoisotopic (exact) mass is 789 g/mol. The number of rotatable bonds is 11. The van der Waals surface area contributed by atoms with Crippen LogP contribution in [0.3, 0.4) is 0 Å². The van der Waals surface area contributed by atoms with Crippen molar-refractivity contribution >= 4 is 0 Å². The van der Waals surface area contributed by atoms with Crippen LogP contribution >= 0.6 is 0 Å². The van der Waals surface area contributed by atoms with E-state index in [1.54, 1.807) is 0 Å². The van der Waals surface area contributed by atoms with Crippen LogP contribution in [0.4, 0.5) is 0 Å². The van der Waals surface area contributed by atoms with E-state index in [1.165, 1.54) is 60.8 Å². The van der Waals surface area contributed by atoms with Gasteiger partial charge in [-0.15, -0.1) is 0 Å². The van der Waals surface area contributed by atoms with E-state index in [-0.39, 0.29) is 16.2 Å². The van der Waals surface area contributed by atoms with Crippen LogP contribution in [-0.2, 0) is 30.1 Å². The molecule has 4 aromatic rings. The second kappa shape index (κ2) is 18.6. The molecule has 4 N–H and O–H groups in total. The Hall–Kier alpha value is -3.92. The molecular formula is C54H76O4. The standard InChI is InChI=1S/C29H40O2.C25H36O2/c1-20-15-22(26(30)24(17-20)28(3)11-7-5-8-12-28)19-23-16-21(2)18-25(27(23)31)29(4)13-9-6-10-14-29;1-16(8-9-21-12-17(2)10-19(4)23(21)26)14-25(6,7)15-22-13-18(3)11-20(5)24(22)27/h15-18,30-31H,5-14,19H2,1-4H3;10-13,16,26-27H,8-9,14-15H2,1-7H3. The second-order valence-corrected chi connectivity index (χ2v) is 20.4. The van der Waals surface area contributed by atoms with Crippen molar-refractivity contribution in [2.24, 2.45) is 11.3 Å². The molecule has 0 bridgehead atoms. The van der Waals surface area contributed by atoms with Gasteiger partial charge in [0, 0.05) is 17.5 Å². The number of benzene rings is 4. The molecule has 2 aliphatic rings. The Bertz CT molecular complexity index is 1960. The second-order valence-electron chi connectivity index (χ2n) is 20.4. The Kier molecular flexibility index (Phi) is 14.5. The molecule has 58 heavy (non-hydrogen) atoms. The summed E-state index contributed by atoms with van der Waals surface area (Å²) in [7, 11) is 0. The van der Waals surface area contributed by atoms with Crippen molar-refractivity contribution in [2.75, 3.05) is 0 Å². The minimum atomic E-state index is 0.0541. The number of hydrogen-bond donors (Lipinski definition) is 4. The average Bonchev–Trinajstić information content (AvgIpc) is 3.14. The Labute approximate surface area is 352 Å². The van der Waals surface area contributed by atoms with Crippen molar-refractivity contribution in [3.05, 3.63) is 115 Å². The van der Waals surface area contributed by atoms with Gasteiger partial charge in [0.2, 0.25) is 0 Å². The Morgan fingerprint density at radius 2 is 0.897 bits per heavy atom. The lowest BCUT2D eigenvalue weighted by molar-refractivity contribution is 0.263. The molecule has 1 unspecified atom stereocenters. The SMILES string of the molecule is Cc1cc(C)c(O)c(CCC(C)CC(C)(C)Cc2cc(C)cc(C)c2O)c1.Cc1cc(Cc2cc(C)cc(C3(C)CCCCC3)c2O)c(O)c(C2(C)CCCCC2)c1. The number of hydrogen-bond acceptors (Lipinski definition) is 4. The highest BCUT2D eigenvalue weighted by Crippen LogP contribution is 2.47. The third kappa shape index (κ3) is 11.0. The molecule has 2 saturated carbocycles. The molecule has 1 atom stereocenters. The van der Waals surface area contributed by atoms with Crippen molar-refractivity contribution in [2.45, 2.75) is 183 Å². The number of aryl methyl sites for hydroxylation is 7. The zero-order valence-corrected chi connectivity index (χ0v) is 38.1. The highest BCUT2D eigenvalue weighted by Gasteiger charge is 2.34. The van der Waals surface area contributed by atoms with Crippen LogP contribution in [0.5, 0.6) is 23.0 Å². The molecule has 2 fully saturated rings. The van der Waals surface area contributed by atoms with Gasteiger partial charge in [-0.25, -0.2) is 0 Å². The van der Waals surface area contributed by atoms with Gasteiger partial charge in [0.25, 0.3) is 0 Å². The minimum Gasteiger partial charge on any atom is -0.507 e. The van der Waals surface area contributed by atoms with Gasteiger partial charge in [-0.1, -0.05) is 144 Å². The van der Waals surface area contributed by atoms with Gasteiger partial charge in [0.15, 0.2) is 0 Å². The average molecular weight is 789 g/mol. The lowest BCUT2D eigenvalue weighted by Crippen LogP contribution is -2.26. The van der Waals surface area contributed by atoms with Crippen LogP contribution in [0.1, 0.15) is 178 Å². The molecule has 4 heteroatoms. The van der Waals surface area contributed by atoms with Crippen LogP contribution in [0.15, 0.2) is 48.5 Å². The maximum Gasteiger partial charge on any atom is 0.122 e. The first-order chi connectivity index (χ1) is 27.2. The van der Waals surface area contributed by atoms with E-state index in [0.29, 0.717) is 35.3 Å². The summed E-state index contributed by atoms with van der Waals surface area (Å²) in [5, 5.41) is 43.4. The molecule has 0 amide bonds. The summed E-state index contributed by atoms with van der Waals surface area (Å²) in [4.78, 5) is 0. The molecule has 0 aliphatic heterocycles. The number of phenolic OH excluding ortho intramolecular Hbond substituents is 4. The van der Waals surface area contributed by atoms with Gasteiger partial charge in [0.05, 0.1) is 0 Å². The Balaban J connectivity index is 0.000000223. The molecular weight excluding hydrogens is 713 g/mol. The summed E-state index contributed by atoms with van der Waals surface area (Å²) in [6.07, 6.45) is 16.6. The van der Waals surface area contributed by atoms with Crippen LogP contribution < -0.4 is 0 Å². The molecule has 0 spiro atoms.